The third kappa shape index (κ3) is 4.50. The molecule has 0 saturated heterocycles. The van der Waals surface area contributed by atoms with E-state index < -0.39 is 5.41 Å². The van der Waals surface area contributed by atoms with Crippen LogP contribution < -0.4 is 0 Å². The van der Waals surface area contributed by atoms with E-state index in [0.717, 1.165) is 18.4 Å². The van der Waals surface area contributed by atoms with Crippen molar-refractivity contribution >= 4 is 5.97 Å². The van der Waals surface area contributed by atoms with Crippen molar-refractivity contribution in [2.24, 2.45) is 5.41 Å². The van der Waals surface area contributed by atoms with Crippen LogP contribution in [0, 0.1) is 5.41 Å². The number of hydrogen-bond donors (Lipinski definition) is 0. The average molecular weight is 212 g/mol. The first-order chi connectivity index (χ1) is 6.96. The maximum absolute atomic E-state index is 11.5. The fourth-order valence-corrected chi connectivity index (χ4v) is 1.48. The van der Waals surface area contributed by atoms with Gasteiger partial charge in [0, 0.05) is 0 Å². The lowest BCUT2D eigenvalue weighted by atomic mass is 9.82. The zero-order valence-corrected chi connectivity index (χ0v) is 10.6. The number of carbonyl (C=O) groups excluding carboxylic acids is 1. The standard InChI is InChI=1S/C13H24O2/c1-6-7-8-9-10-11(2)13(3,4)12(14)15-5/h2,6-10H2,1,3-5H3. The molecule has 0 saturated carbocycles. The predicted molar refractivity (Wildman–Crippen MR) is 63.7 cm³/mol. The number of hydrogen-bond acceptors (Lipinski definition) is 2. The maximum atomic E-state index is 11.5. The summed E-state index contributed by atoms with van der Waals surface area (Å²) in [5, 5.41) is 0. The number of rotatable bonds is 7. The molecule has 0 aliphatic carbocycles. The summed E-state index contributed by atoms with van der Waals surface area (Å²) in [5.74, 6) is -0.192. The second kappa shape index (κ2) is 6.65. The van der Waals surface area contributed by atoms with Crippen LogP contribution in [0.2, 0.25) is 0 Å². The van der Waals surface area contributed by atoms with E-state index in [4.69, 9.17) is 4.74 Å². The first-order valence-electron chi connectivity index (χ1n) is 5.73. The molecule has 2 heteroatoms. The van der Waals surface area contributed by atoms with Gasteiger partial charge in [0.1, 0.15) is 0 Å². The van der Waals surface area contributed by atoms with Crippen LogP contribution in [-0.2, 0) is 9.53 Å². The summed E-state index contributed by atoms with van der Waals surface area (Å²) in [4.78, 5) is 11.5. The Kier molecular flexibility index (Phi) is 6.30. The first-order valence-corrected chi connectivity index (χ1v) is 5.73. The summed E-state index contributed by atoms with van der Waals surface area (Å²) in [6.45, 7) is 9.93. The predicted octanol–water partition coefficient (Wildman–Crippen LogP) is 3.71. The van der Waals surface area contributed by atoms with E-state index in [0.29, 0.717) is 0 Å². The van der Waals surface area contributed by atoms with E-state index >= 15 is 0 Å². The molecule has 2 nitrogen and oxygen atoms in total. The van der Waals surface area contributed by atoms with Crippen LogP contribution in [0.4, 0.5) is 0 Å². The van der Waals surface area contributed by atoms with Crippen LogP contribution in [-0.4, -0.2) is 13.1 Å². The summed E-state index contributed by atoms with van der Waals surface area (Å²) >= 11 is 0. The fraction of sp³-hybridized carbons (Fsp3) is 0.769. The Hall–Kier alpha value is -0.790. The molecule has 0 aliphatic heterocycles. The van der Waals surface area contributed by atoms with Gasteiger partial charge < -0.3 is 4.74 Å². The van der Waals surface area contributed by atoms with Crippen molar-refractivity contribution < 1.29 is 9.53 Å². The van der Waals surface area contributed by atoms with Crippen molar-refractivity contribution in [1.82, 2.24) is 0 Å². The Bertz CT molecular complexity index is 217. The van der Waals surface area contributed by atoms with Crippen molar-refractivity contribution in [1.29, 1.82) is 0 Å². The highest BCUT2D eigenvalue weighted by Crippen LogP contribution is 2.30. The van der Waals surface area contributed by atoms with Gasteiger partial charge in [0.05, 0.1) is 12.5 Å². The summed E-state index contributed by atoms with van der Waals surface area (Å²) in [6.07, 6.45) is 5.74. The highest BCUT2D eigenvalue weighted by molar-refractivity contribution is 5.79. The highest BCUT2D eigenvalue weighted by atomic mass is 16.5. The van der Waals surface area contributed by atoms with Gasteiger partial charge >= 0.3 is 5.97 Å². The molecule has 0 aromatic carbocycles. The molecule has 0 aliphatic rings. The number of esters is 1. The Morgan fingerprint density at radius 2 is 1.87 bits per heavy atom. The number of unbranched alkanes of at least 4 members (excludes halogenated alkanes) is 3. The molecular weight excluding hydrogens is 188 g/mol. The Balaban J connectivity index is 4.03. The minimum absolute atomic E-state index is 0.192. The monoisotopic (exact) mass is 212 g/mol. The smallest absolute Gasteiger partial charge is 0.315 e. The van der Waals surface area contributed by atoms with Gasteiger partial charge in [-0.25, -0.2) is 0 Å². The molecule has 0 aromatic rings. The third-order valence-electron chi connectivity index (χ3n) is 2.91. The molecule has 15 heavy (non-hydrogen) atoms. The molecule has 0 amide bonds. The van der Waals surface area contributed by atoms with E-state index in [2.05, 4.69) is 13.5 Å². The van der Waals surface area contributed by atoms with Crippen molar-refractivity contribution in [3.05, 3.63) is 12.2 Å². The molecule has 0 spiro atoms. The molecule has 0 bridgehead atoms. The third-order valence-corrected chi connectivity index (χ3v) is 2.91. The Morgan fingerprint density at radius 3 is 2.33 bits per heavy atom. The summed E-state index contributed by atoms with van der Waals surface area (Å²) in [5.41, 5.74) is 0.437. The zero-order chi connectivity index (χ0) is 11.9. The van der Waals surface area contributed by atoms with Gasteiger partial charge in [-0.3, -0.25) is 4.79 Å². The molecule has 0 heterocycles. The molecule has 0 N–H and O–H groups in total. The van der Waals surface area contributed by atoms with Gasteiger partial charge in [-0.1, -0.05) is 38.3 Å². The fourth-order valence-electron chi connectivity index (χ4n) is 1.48. The lowest BCUT2D eigenvalue weighted by Crippen LogP contribution is -2.27. The van der Waals surface area contributed by atoms with E-state index in [-0.39, 0.29) is 5.97 Å². The molecule has 88 valence electrons. The second-order valence-electron chi connectivity index (χ2n) is 4.53. The van der Waals surface area contributed by atoms with Gasteiger partial charge in [0.15, 0.2) is 0 Å². The van der Waals surface area contributed by atoms with Crippen LogP contribution in [0.5, 0.6) is 0 Å². The zero-order valence-electron chi connectivity index (χ0n) is 10.6. The minimum atomic E-state index is -0.541. The van der Waals surface area contributed by atoms with Crippen LogP contribution >= 0.6 is 0 Å². The lowest BCUT2D eigenvalue weighted by Gasteiger charge is -2.24. The van der Waals surface area contributed by atoms with E-state index in [9.17, 15) is 4.79 Å². The largest absolute Gasteiger partial charge is 0.468 e. The van der Waals surface area contributed by atoms with Crippen LogP contribution in [0.15, 0.2) is 12.2 Å². The van der Waals surface area contributed by atoms with E-state index in [1.807, 2.05) is 13.8 Å². The molecule has 0 radical (unpaired) electrons. The van der Waals surface area contributed by atoms with Gasteiger partial charge in [-0.05, 0) is 26.7 Å². The van der Waals surface area contributed by atoms with E-state index in [1.165, 1.54) is 26.4 Å². The van der Waals surface area contributed by atoms with Gasteiger partial charge in [-0.15, -0.1) is 0 Å². The molecule has 0 atom stereocenters. The molecule has 0 fully saturated rings. The van der Waals surface area contributed by atoms with Crippen molar-refractivity contribution in [2.75, 3.05) is 7.11 Å². The van der Waals surface area contributed by atoms with Crippen LogP contribution in [0.1, 0.15) is 52.9 Å². The first kappa shape index (κ1) is 14.2. The van der Waals surface area contributed by atoms with Crippen LogP contribution in [0.25, 0.3) is 0 Å². The second-order valence-corrected chi connectivity index (χ2v) is 4.53. The van der Waals surface area contributed by atoms with E-state index in [1.54, 1.807) is 0 Å². The number of ether oxygens (including phenoxy) is 1. The summed E-state index contributed by atoms with van der Waals surface area (Å²) in [6, 6.07) is 0. The summed E-state index contributed by atoms with van der Waals surface area (Å²) < 4.78 is 4.76. The maximum Gasteiger partial charge on any atom is 0.315 e. The summed E-state index contributed by atoms with van der Waals surface area (Å²) in [7, 11) is 1.43. The SMILES string of the molecule is C=C(CCCCCC)C(C)(C)C(=O)OC. The van der Waals surface area contributed by atoms with Gasteiger partial charge in [0.2, 0.25) is 0 Å². The lowest BCUT2D eigenvalue weighted by molar-refractivity contribution is -0.148. The normalized spacial score (nSPS) is 11.2. The quantitative estimate of drug-likeness (QED) is 0.365. The number of carbonyl (C=O) groups is 1. The molecule has 0 aromatic heterocycles. The van der Waals surface area contributed by atoms with Crippen LogP contribution in [0.3, 0.4) is 0 Å². The molecule has 0 unspecified atom stereocenters. The van der Waals surface area contributed by atoms with Crippen molar-refractivity contribution in [3.8, 4) is 0 Å². The van der Waals surface area contributed by atoms with Gasteiger partial charge in [-0.2, -0.15) is 0 Å². The van der Waals surface area contributed by atoms with Crippen molar-refractivity contribution in [2.45, 2.75) is 52.9 Å². The Labute approximate surface area is 93.7 Å². The highest BCUT2D eigenvalue weighted by Gasteiger charge is 2.31. The molecule has 0 rings (SSSR count). The van der Waals surface area contributed by atoms with Gasteiger partial charge in [0.25, 0.3) is 0 Å². The average Bonchev–Trinajstić information content (AvgIpc) is 2.22. The number of methoxy groups -OCH3 is 1. The minimum Gasteiger partial charge on any atom is -0.468 e. The Morgan fingerprint density at radius 1 is 1.27 bits per heavy atom. The van der Waals surface area contributed by atoms with Crippen molar-refractivity contribution in [3.63, 3.8) is 0 Å². The molecular formula is C13H24O2. The topological polar surface area (TPSA) is 26.3 Å².